The summed E-state index contributed by atoms with van der Waals surface area (Å²) in [6, 6.07) is 13.0. The molecule has 0 bridgehead atoms. The normalized spacial score (nSPS) is 10.7. The van der Waals surface area contributed by atoms with Crippen molar-refractivity contribution in [3.63, 3.8) is 0 Å². The van der Waals surface area contributed by atoms with E-state index in [-0.39, 0.29) is 17.2 Å². The van der Waals surface area contributed by atoms with Gasteiger partial charge in [-0.15, -0.1) is 11.3 Å². The second kappa shape index (κ2) is 8.66. The van der Waals surface area contributed by atoms with Gasteiger partial charge in [0.05, 0.1) is 16.4 Å². The number of hydrogen-bond donors (Lipinski definition) is 2. The number of aromatic nitrogens is 3. The van der Waals surface area contributed by atoms with Gasteiger partial charge in [-0.2, -0.15) is 5.10 Å². The maximum absolute atomic E-state index is 14.4. The first-order chi connectivity index (χ1) is 14.9. The standard InChI is InChI=1S/C21H15ClFN5O2S/c1-12(29)24-13-6-7-14(16(23)10-13)18-11-31-21(25-18)26-20(30)17-8-9-28(27-17)19-5-3-2-4-15(19)22/h2-11H,1H3,(H,24,29)(H,25,26,30). The van der Waals surface area contributed by atoms with Crippen LogP contribution in [0.3, 0.4) is 0 Å². The van der Waals surface area contributed by atoms with Crippen molar-refractivity contribution in [2.24, 2.45) is 0 Å². The Bertz CT molecular complexity index is 1290. The summed E-state index contributed by atoms with van der Waals surface area (Å²) >= 11 is 7.33. The van der Waals surface area contributed by atoms with E-state index in [1.54, 1.807) is 41.9 Å². The van der Waals surface area contributed by atoms with Crippen LogP contribution < -0.4 is 10.6 Å². The summed E-state index contributed by atoms with van der Waals surface area (Å²) in [7, 11) is 0. The van der Waals surface area contributed by atoms with Gasteiger partial charge in [-0.05, 0) is 36.4 Å². The molecule has 4 rings (SSSR count). The average molecular weight is 456 g/mol. The van der Waals surface area contributed by atoms with E-state index in [0.717, 1.165) is 11.3 Å². The third-order valence-corrected chi connectivity index (χ3v) is 5.29. The maximum Gasteiger partial charge on any atom is 0.277 e. The van der Waals surface area contributed by atoms with E-state index in [1.807, 2.05) is 6.07 Å². The third kappa shape index (κ3) is 4.62. The molecule has 0 aliphatic rings. The Morgan fingerprint density at radius 1 is 1.13 bits per heavy atom. The highest BCUT2D eigenvalue weighted by Crippen LogP contribution is 2.29. The quantitative estimate of drug-likeness (QED) is 0.443. The van der Waals surface area contributed by atoms with Crippen molar-refractivity contribution in [2.45, 2.75) is 6.92 Å². The Morgan fingerprint density at radius 2 is 1.94 bits per heavy atom. The molecule has 156 valence electrons. The van der Waals surface area contributed by atoms with Crippen molar-refractivity contribution >= 4 is 45.6 Å². The molecule has 0 saturated heterocycles. The number of hydrogen-bond acceptors (Lipinski definition) is 5. The number of carbonyl (C=O) groups is 2. The number of halogens is 2. The highest BCUT2D eigenvalue weighted by atomic mass is 35.5. The third-order valence-electron chi connectivity index (χ3n) is 4.21. The van der Waals surface area contributed by atoms with Gasteiger partial charge >= 0.3 is 0 Å². The Labute approximate surface area is 185 Å². The number of para-hydroxylation sites is 1. The molecule has 2 heterocycles. The largest absolute Gasteiger partial charge is 0.326 e. The molecule has 10 heteroatoms. The second-order valence-electron chi connectivity index (χ2n) is 6.46. The number of thiazole rings is 1. The van der Waals surface area contributed by atoms with Crippen molar-refractivity contribution in [3.8, 4) is 16.9 Å². The summed E-state index contributed by atoms with van der Waals surface area (Å²) in [5.74, 6) is -1.27. The van der Waals surface area contributed by atoms with Crippen LogP contribution in [0.1, 0.15) is 17.4 Å². The van der Waals surface area contributed by atoms with Crippen LogP contribution in [-0.2, 0) is 4.79 Å². The lowest BCUT2D eigenvalue weighted by Gasteiger charge is -2.05. The number of carbonyl (C=O) groups excluding carboxylic acids is 2. The molecular formula is C21H15ClFN5O2S. The van der Waals surface area contributed by atoms with Crippen molar-refractivity contribution in [3.05, 3.63) is 76.6 Å². The SMILES string of the molecule is CC(=O)Nc1ccc(-c2csc(NC(=O)c3ccn(-c4ccccc4Cl)n3)n2)c(F)c1. The number of amides is 2. The predicted molar refractivity (Wildman–Crippen MR) is 118 cm³/mol. The number of nitrogens with zero attached hydrogens (tertiary/aromatic N) is 3. The lowest BCUT2D eigenvalue weighted by Crippen LogP contribution is -2.13. The molecule has 2 aromatic carbocycles. The molecule has 2 aromatic heterocycles. The van der Waals surface area contributed by atoms with E-state index < -0.39 is 11.7 Å². The molecule has 4 aromatic rings. The van der Waals surface area contributed by atoms with Crippen LogP contribution in [0.25, 0.3) is 16.9 Å². The van der Waals surface area contributed by atoms with Crippen molar-refractivity contribution in [2.75, 3.05) is 10.6 Å². The molecule has 0 radical (unpaired) electrons. The van der Waals surface area contributed by atoms with Gasteiger partial charge in [0.15, 0.2) is 10.8 Å². The minimum absolute atomic E-state index is 0.183. The Kier molecular flexibility index (Phi) is 5.79. The van der Waals surface area contributed by atoms with Crippen LogP contribution >= 0.6 is 22.9 Å². The van der Waals surface area contributed by atoms with Crippen molar-refractivity contribution < 1.29 is 14.0 Å². The van der Waals surface area contributed by atoms with Gasteiger partial charge in [-0.25, -0.2) is 14.1 Å². The fourth-order valence-corrected chi connectivity index (χ4v) is 3.76. The van der Waals surface area contributed by atoms with Crippen LogP contribution in [0.15, 0.2) is 60.1 Å². The van der Waals surface area contributed by atoms with E-state index in [4.69, 9.17) is 11.6 Å². The minimum atomic E-state index is -0.534. The van der Waals surface area contributed by atoms with Crippen molar-refractivity contribution in [1.29, 1.82) is 0 Å². The number of anilines is 2. The molecule has 2 N–H and O–H groups in total. The van der Waals surface area contributed by atoms with Gasteiger partial charge in [0.25, 0.3) is 5.91 Å². The van der Waals surface area contributed by atoms with E-state index in [9.17, 15) is 14.0 Å². The topological polar surface area (TPSA) is 88.9 Å². The van der Waals surface area contributed by atoms with Gasteiger partial charge in [0.2, 0.25) is 5.91 Å². The zero-order valence-corrected chi connectivity index (χ0v) is 17.7. The lowest BCUT2D eigenvalue weighted by molar-refractivity contribution is -0.114. The molecule has 0 aliphatic heterocycles. The van der Waals surface area contributed by atoms with E-state index in [1.165, 1.54) is 23.7 Å². The summed E-state index contributed by atoms with van der Waals surface area (Å²) in [6.45, 7) is 1.35. The Hall–Kier alpha value is -3.56. The highest BCUT2D eigenvalue weighted by molar-refractivity contribution is 7.14. The van der Waals surface area contributed by atoms with Gasteiger partial charge < -0.3 is 5.32 Å². The maximum atomic E-state index is 14.4. The van der Waals surface area contributed by atoms with Gasteiger partial charge in [-0.1, -0.05) is 23.7 Å². The summed E-state index contributed by atoms with van der Waals surface area (Å²) < 4.78 is 15.9. The monoisotopic (exact) mass is 455 g/mol. The Balaban J connectivity index is 1.49. The molecule has 0 saturated carbocycles. The first-order valence-corrected chi connectivity index (χ1v) is 10.3. The van der Waals surface area contributed by atoms with Crippen LogP contribution in [0.2, 0.25) is 5.02 Å². The molecule has 0 atom stereocenters. The van der Waals surface area contributed by atoms with Crippen LogP contribution in [0, 0.1) is 5.82 Å². The molecule has 7 nitrogen and oxygen atoms in total. The fourth-order valence-electron chi connectivity index (χ4n) is 2.84. The fraction of sp³-hybridized carbons (Fsp3) is 0.0476. The zero-order valence-electron chi connectivity index (χ0n) is 16.1. The predicted octanol–water partition coefficient (Wildman–Crippen LogP) is 5.00. The van der Waals surface area contributed by atoms with Gasteiger partial charge in [0.1, 0.15) is 5.82 Å². The second-order valence-corrected chi connectivity index (χ2v) is 7.73. The summed E-state index contributed by atoms with van der Waals surface area (Å²) in [6.07, 6.45) is 1.63. The summed E-state index contributed by atoms with van der Waals surface area (Å²) in [5.41, 5.74) is 1.81. The van der Waals surface area contributed by atoms with E-state index in [0.29, 0.717) is 27.2 Å². The van der Waals surface area contributed by atoms with E-state index in [2.05, 4.69) is 20.7 Å². The van der Waals surface area contributed by atoms with E-state index >= 15 is 0 Å². The average Bonchev–Trinajstić information content (AvgIpc) is 3.38. The van der Waals surface area contributed by atoms with Gasteiger partial charge in [-0.3, -0.25) is 14.9 Å². The van der Waals surface area contributed by atoms with Crippen molar-refractivity contribution in [1.82, 2.24) is 14.8 Å². The molecule has 31 heavy (non-hydrogen) atoms. The lowest BCUT2D eigenvalue weighted by atomic mass is 10.1. The molecular weight excluding hydrogens is 441 g/mol. The number of benzene rings is 2. The molecule has 0 fully saturated rings. The number of rotatable bonds is 5. The molecule has 2 amide bonds. The van der Waals surface area contributed by atoms with Crippen LogP contribution in [0.5, 0.6) is 0 Å². The first-order valence-electron chi connectivity index (χ1n) is 9.05. The smallest absolute Gasteiger partial charge is 0.277 e. The van der Waals surface area contributed by atoms with Crippen LogP contribution in [0.4, 0.5) is 15.2 Å². The number of nitrogens with one attached hydrogen (secondary N) is 2. The van der Waals surface area contributed by atoms with Gasteiger partial charge in [0, 0.05) is 29.8 Å². The Morgan fingerprint density at radius 3 is 2.68 bits per heavy atom. The highest BCUT2D eigenvalue weighted by Gasteiger charge is 2.15. The molecule has 0 aliphatic carbocycles. The summed E-state index contributed by atoms with van der Waals surface area (Å²) in [5, 5.41) is 11.9. The zero-order chi connectivity index (χ0) is 22.0. The summed E-state index contributed by atoms with van der Waals surface area (Å²) in [4.78, 5) is 27.9. The minimum Gasteiger partial charge on any atom is -0.326 e. The first kappa shape index (κ1) is 20.7. The van der Waals surface area contributed by atoms with Crippen LogP contribution in [-0.4, -0.2) is 26.6 Å². The molecule has 0 spiro atoms. The molecule has 0 unspecified atom stereocenters.